The molecule has 0 aliphatic carbocycles. The molecule has 0 saturated carbocycles. The van der Waals surface area contributed by atoms with E-state index in [-0.39, 0.29) is 5.91 Å². The summed E-state index contributed by atoms with van der Waals surface area (Å²) in [6, 6.07) is 14.8. The van der Waals surface area contributed by atoms with Gasteiger partial charge in [0.2, 0.25) is 0 Å². The third-order valence-electron chi connectivity index (χ3n) is 4.52. The Kier molecular flexibility index (Phi) is 4.46. The summed E-state index contributed by atoms with van der Waals surface area (Å²) in [7, 11) is 1.97. The van der Waals surface area contributed by atoms with Gasteiger partial charge in [-0.1, -0.05) is 24.8 Å². The Morgan fingerprint density at radius 3 is 2.41 bits per heavy atom. The molecule has 0 spiro atoms. The Bertz CT molecular complexity index is 1000. The zero-order valence-corrected chi connectivity index (χ0v) is 15.1. The van der Waals surface area contributed by atoms with Crippen LogP contribution in [0.15, 0.2) is 61.2 Å². The normalized spacial score (nSPS) is 13.4. The molecule has 1 aromatic heterocycles. The van der Waals surface area contributed by atoms with E-state index in [1.807, 2.05) is 36.2 Å². The molecule has 1 amide bonds. The topological polar surface area (TPSA) is 58.6 Å². The number of hydrogen-bond donors (Lipinski definition) is 0. The van der Waals surface area contributed by atoms with Crippen molar-refractivity contribution in [2.45, 2.75) is 0 Å². The van der Waals surface area contributed by atoms with Gasteiger partial charge in [0.15, 0.2) is 11.6 Å². The number of hydrogen-bond acceptors (Lipinski definition) is 5. The largest absolute Gasteiger partial charge is 0.490 e. The van der Waals surface area contributed by atoms with Crippen molar-refractivity contribution in [2.24, 2.45) is 0 Å². The average Bonchev–Trinajstić information content (AvgIpc) is 2.71. The summed E-state index contributed by atoms with van der Waals surface area (Å²) >= 11 is 0. The highest BCUT2D eigenvalue weighted by atomic mass is 16.5. The summed E-state index contributed by atoms with van der Waals surface area (Å²) in [5.41, 5.74) is 2.19. The van der Waals surface area contributed by atoms with Gasteiger partial charge in [-0.2, -0.15) is 0 Å². The molecule has 1 aliphatic heterocycles. The van der Waals surface area contributed by atoms with Crippen LogP contribution < -0.4 is 14.5 Å². The van der Waals surface area contributed by atoms with Crippen LogP contribution >= 0.6 is 0 Å². The molecule has 6 nitrogen and oxygen atoms in total. The number of fused-ring (bicyclic) bond motifs is 2. The fraction of sp³-hybridized carbons (Fsp3) is 0.190. The molecule has 0 atom stereocenters. The maximum Gasteiger partial charge on any atom is 0.259 e. The van der Waals surface area contributed by atoms with Crippen molar-refractivity contribution in [3.63, 3.8) is 0 Å². The molecule has 1 aliphatic rings. The number of benzene rings is 2. The van der Waals surface area contributed by atoms with Gasteiger partial charge in [0, 0.05) is 25.7 Å². The van der Waals surface area contributed by atoms with E-state index >= 15 is 0 Å². The molecule has 3 aromatic rings. The highest BCUT2D eigenvalue weighted by Gasteiger charge is 2.29. The fourth-order valence-electron chi connectivity index (χ4n) is 3.08. The first kappa shape index (κ1) is 17.0. The molecule has 27 heavy (non-hydrogen) atoms. The molecule has 4 rings (SSSR count). The van der Waals surface area contributed by atoms with Gasteiger partial charge in [-0.3, -0.25) is 9.69 Å². The maximum atomic E-state index is 13.1. The molecular formula is C21H20N4O2. The number of ether oxygens (including phenoxy) is 1. The van der Waals surface area contributed by atoms with Gasteiger partial charge < -0.3 is 9.64 Å². The molecule has 0 bridgehead atoms. The Morgan fingerprint density at radius 2 is 1.74 bits per heavy atom. The summed E-state index contributed by atoms with van der Waals surface area (Å²) in [5, 5.41) is 0. The molecule has 2 aromatic carbocycles. The van der Waals surface area contributed by atoms with Crippen molar-refractivity contribution >= 4 is 28.6 Å². The Hall–Kier alpha value is -3.41. The van der Waals surface area contributed by atoms with Crippen molar-refractivity contribution < 1.29 is 9.53 Å². The monoisotopic (exact) mass is 360 g/mol. The van der Waals surface area contributed by atoms with Gasteiger partial charge >= 0.3 is 0 Å². The van der Waals surface area contributed by atoms with Crippen molar-refractivity contribution in [1.82, 2.24) is 9.97 Å². The Labute approximate surface area is 157 Å². The van der Waals surface area contributed by atoms with E-state index in [0.717, 1.165) is 16.9 Å². The Balaban J connectivity index is 1.68. The van der Waals surface area contributed by atoms with Gasteiger partial charge in [-0.15, -0.1) is 0 Å². The summed E-state index contributed by atoms with van der Waals surface area (Å²) < 4.78 is 5.48. The number of nitrogens with zero attached hydrogens (tertiary/aromatic N) is 4. The number of amides is 1. The lowest BCUT2D eigenvalue weighted by Gasteiger charge is -2.33. The third-order valence-corrected chi connectivity index (χ3v) is 4.52. The van der Waals surface area contributed by atoms with Crippen LogP contribution in [0.25, 0.3) is 11.0 Å². The predicted molar refractivity (Wildman–Crippen MR) is 107 cm³/mol. The van der Waals surface area contributed by atoms with Gasteiger partial charge in [-0.05, 0) is 36.4 Å². The van der Waals surface area contributed by atoms with Crippen molar-refractivity contribution in [3.05, 3.63) is 66.7 Å². The van der Waals surface area contributed by atoms with E-state index in [2.05, 4.69) is 6.58 Å². The molecule has 0 fully saturated rings. The molecule has 0 unspecified atom stereocenters. The number of aromatic nitrogens is 2. The van der Waals surface area contributed by atoms with Crippen molar-refractivity contribution in [3.8, 4) is 5.75 Å². The standard InChI is InChI=1S/C21H20N4O2/c1-3-14-27-16-10-8-15(9-11-16)21(26)25-13-12-24(2)19-20(25)23-18-7-5-4-6-17(18)22-19/h3-11H,1,12-14H2,2H3. The van der Waals surface area contributed by atoms with E-state index in [1.54, 1.807) is 35.2 Å². The molecule has 136 valence electrons. The molecule has 0 N–H and O–H groups in total. The quantitative estimate of drug-likeness (QED) is 0.668. The SMILES string of the molecule is C=CCOc1ccc(C(=O)N2CCN(C)c3nc4ccccc4nc32)cc1. The van der Waals surface area contributed by atoms with E-state index in [9.17, 15) is 4.79 Å². The van der Waals surface area contributed by atoms with Crippen LogP contribution in [0.1, 0.15) is 10.4 Å². The Morgan fingerprint density at radius 1 is 1.07 bits per heavy atom. The van der Waals surface area contributed by atoms with Gasteiger partial charge in [0.05, 0.1) is 11.0 Å². The summed E-state index contributed by atoms with van der Waals surface area (Å²) in [6.45, 7) is 5.32. The van der Waals surface area contributed by atoms with Crippen LogP contribution in [0.3, 0.4) is 0 Å². The van der Waals surface area contributed by atoms with E-state index in [0.29, 0.717) is 36.8 Å². The highest BCUT2D eigenvalue weighted by molar-refractivity contribution is 6.08. The number of carbonyl (C=O) groups is 1. The minimum Gasteiger partial charge on any atom is -0.490 e. The molecule has 2 heterocycles. The number of likely N-dealkylation sites (N-methyl/N-ethyl adjacent to an activating group) is 1. The van der Waals surface area contributed by atoms with Gasteiger partial charge in [0.25, 0.3) is 5.91 Å². The van der Waals surface area contributed by atoms with Gasteiger partial charge in [-0.25, -0.2) is 9.97 Å². The second-order valence-electron chi connectivity index (χ2n) is 6.36. The van der Waals surface area contributed by atoms with Crippen molar-refractivity contribution in [1.29, 1.82) is 0 Å². The minimum atomic E-state index is -0.0933. The van der Waals surface area contributed by atoms with Crippen LogP contribution in [0.4, 0.5) is 11.6 Å². The fourth-order valence-corrected chi connectivity index (χ4v) is 3.08. The highest BCUT2D eigenvalue weighted by Crippen LogP contribution is 2.31. The predicted octanol–water partition coefficient (Wildman–Crippen LogP) is 3.29. The zero-order valence-electron chi connectivity index (χ0n) is 15.1. The number of rotatable bonds is 4. The maximum absolute atomic E-state index is 13.1. The first-order valence-electron chi connectivity index (χ1n) is 8.81. The first-order valence-corrected chi connectivity index (χ1v) is 8.81. The van der Waals surface area contributed by atoms with Gasteiger partial charge in [0.1, 0.15) is 12.4 Å². The van der Waals surface area contributed by atoms with E-state index in [1.165, 1.54) is 0 Å². The molecule has 0 radical (unpaired) electrons. The van der Waals surface area contributed by atoms with Crippen LogP contribution in [0.2, 0.25) is 0 Å². The number of carbonyl (C=O) groups excluding carboxylic acids is 1. The summed E-state index contributed by atoms with van der Waals surface area (Å²) in [5.74, 6) is 1.93. The second kappa shape index (κ2) is 7.07. The van der Waals surface area contributed by atoms with Crippen LogP contribution in [-0.4, -0.2) is 42.6 Å². The average molecular weight is 360 g/mol. The summed E-state index contributed by atoms with van der Waals surface area (Å²) in [6.07, 6.45) is 1.68. The second-order valence-corrected chi connectivity index (χ2v) is 6.36. The first-order chi connectivity index (χ1) is 13.2. The van der Waals surface area contributed by atoms with Crippen LogP contribution in [-0.2, 0) is 0 Å². The van der Waals surface area contributed by atoms with E-state index < -0.39 is 0 Å². The van der Waals surface area contributed by atoms with Crippen LogP contribution in [0, 0.1) is 0 Å². The number of para-hydroxylation sites is 2. The molecule has 0 saturated heterocycles. The molecular weight excluding hydrogens is 340 g/mol. The zero-order chi connectivity index (χ0) is 18.8. The number of anilines is 2. The minimum absolute atomic E-state index is 0.0933. The molecule has 6 heteroatoms. The lowest BCUT2D eigenvalue weighted by Crippen LogP contribution is -2.43. The third kappa shape index (κ3) is 3.21. The van der Waals surface area contributed by atoms with Crippen molar-refractivity contribution in [2.75, 3.05) is 36.5 Å². The smallest absolute Gasteiger partial charge is 0.259 e. The van der Waals surface area contributed by atoms with Crippen LogP contribution in [0.5, 0.6) is 5.75 Å². The lowest BCUT2D eigenvalue weighted by molar-refractivity contribution is 0.0986. The van der Waals surface area contributed by atoms with E-state index in [4.69, 9.17) is 14.7 Å². The summed E-state index contributed by atoms with van der Waals surface area (Å²) in [4.78, 5) is 26.3. The lowest BCUT2D eigenvalue weighted by atomic mass is 10.1.